The average molecular weight is 211 g/mol. The molecule has 1 heterocycles. The van der Waals surface area contributed by atoms with Crippen LogP contribution in [-0.2, 0) is 10.9 Å². The van der Waals surface area contributed by atoms with Gasteiger partial charge >= 0.3 is 5.97 Å². The second kappa shape index (κ2) is 5.47. The lowest BCUT2D eigenvalue weighted by Crippen LogP contribution is -2.06. The summed E-state index contributed by atoms with van der Waals surface area (Å²) in [5, 5.41) is 8.83. The van der Waals surface area contributed by atoms with Crippen molar-refractivity contribution < 1.29 is 14.4 Å². The van der Waals surface area contributed by atoms with Crippen molar-refractivity contribution in [2.75, 3.05) is 6.61 Å². The van der Waals surface area contributed by atoms with Crippen LogP contribution in [0.3, 0.4) is 0 Å². The average Bonchev–Trinajstić information content (AvgIpc) is 2.19. The minimum Gasteiger partial charge on any atom is -0.478 e. The fourth-order valence-corrected chi connectivity index (χ4v) is 1.26. The van der Waals surface area contributed by atoms with E-state index in [0.29, 0.717) is 27.2 Å². The number of carboxylic acids is 1. The molecular weight excluding hydrogens is 201 g/mol. The molecule has 0 radical (unpaired) electrons. The summed E-state index contributed by atoms with van der Waals surface area (Å²) in [5.74, 6) is -0.958. The maximum Gasteiger partial charge on any atom is 0.337 e. The van der Waals surface area contributed by atoms with E-state index in [2.05, 4.69) is 11.3 Å². The summed E-state index contributed by atoms with van der Waals surface area (Å²) >= 11 is 0. The van der Waals surface area contributed by atoms with Crippen molar-refractivity contribution in [3.8, 4) is 0 Å². The quantitative estimate of drug-likeness (QED) is 0.594. The number of rotatable bonds is 5. The van der Waals surface area contributed by atoms with Gasteiger partial charge in [0.15, 0.2) is 0 Å². The molecular formula is C9H10NO3P. The summed E-state index contributed by atoms with van der Waals surface area (Å²) in [4.78, 5) is 14.7. The Labute approximate surface area is 83.4 Å². The molecule has 1 N–H and O–H groups in total. The predicted molar refractivity (Wildman–Crippen MR) is 54.9 cm³/mol. The monoisotopic (exact) mass is 211 g/mol. The Morgan fingerprint density at radius 2 is 2.50 bits per heavy atom. The first-order chi connectivity index (χ1) is 6.75. The molecule has 1 aromatic rings. The van der Waals surface area contributed by atoms with Crippen LogP contribution in [0.2, 0.25) is 0 Å². The zero-order chi connectivity index (χ0) is 10.4. The van der Waals surface area contributed by atoms with E-state index in [4.69, 9.17) is 9.63 Å². The summed E-state index contributed by atoms with van der Waals surface area (Å²) < 4.78 is 5.00. The summed E-state index contributed by atoms with van der Waals surface area (Å²) in [6.45, 7) is 0.433. The molecule has 0 bridgehead atoms. The van der Waals surface area contributed by atoms with Gasteiger partial charge in [0.05, 0.1) is 17.9 Å². The highest BCUT2D eigenvalue weighted by Gasteiger charge is 2.09. The van der Waals surface area contributed by atoms with Crippen molar-refractivity contribution in [3.05, 3.63) is 29.6 Å². The number of carboxylic acid groups (broad SMARTS) is 1. The van der Waals surface area contributed by atoms with Crippen molar-refractivity contribution in [1.29, 1.82) is 0 Å². The Balaban J connectivity index is 2.74. The van der Waals surface area contributed by atoms with Gasteiger partial charge in [-0.25, -0.2) is 4.79 Å². The molecule has 0 aliphatic carbocycles. The number of hydrogen-bond donors (Lipinski definition) is 1. The SMILES string of the molecule is C=POCCc1ncccc1C(=O)O. The Bertz CT molecular complexity index is 341. The second-order valence-corrected chi connectivity index (χ2v) is 3.03. The summed E-state index contributed by atoms with van der Waals surface area (Å²) in [6, 6.07) is 3.14. The molecule has 0 aromatic carbocycles. The number of aromatic nitrogens is 1. The summed E-state index contributed by atoms with van der Waals surface area (Å²) in [5.41, 5.74) is 0.778. The molecule has 0 spiro atoms. The zero-order valence-electron chi connectivity index (χ0n) is 7.51. The third-order valence-corrected chi connectivity index (χ3v) is 2.01. The molecule has 74 valence electrons. The van der Waals surface area contributed by atoms with Gasteiger partial charge in [0.25, 0.3) is 0 Å². The van der Waals surface area contributed by atoms with Crippen molar-refractivity contribution in [1.82, 2.24) is 4.98 Å². The Kier molecular flexibility index (Phi) is 4.23. The number of carbonyl (C=O) groups is 1. The Hall–Kier alpha value is -1.25. The van der Waals surface area contributed by atoms with E-state index >= 15 is 0 Å². The lowest BCUT2D eigenvalue weighted by Gasteiger charge is -2.02. The van der Waals surface area contributed by atoms with Gasteiger partial charge in [-0.3, -0.25) is 4.98 Å². The smallest absolute Gasteiger partial charge is 0.337 e. The van der Waals surface area contributed by atoms with Crippen LogP contribution < -0.4 is 0 Å². The first-order valence-corrected chi connectivity index (χ1v) is 5.00. The molecule has 0 amide bonds. The standard InChI is InChI=1S/C9H10NO3P/c1-14-13-6-4-8-7(9(11)12)3-2-5-10-8/h2-3,5H,1,4,6H2,(H,11,12). The highest BCUT2D eigenvalue weighted by atomic mass is 31.1. The number of hydrogen-bond acceptors (Lipinski definition) is 3. The van der Waals surface area contributed by atoms with Crippen molar-refractivity contribution >= 4 is 20.7 Å². The maximum atomic E-state index is 10.8. The van der Waals surface area contributed by atoms with Crippen molar-refractivity contribution in [2.24, 2.45) is 0 Å². The van der Waals surface area contributed by atoms with Crippen LogP contribution in [0.4, 0.5) is 0 Å². The molecule has 1 rings (SSSR count). The minimum absolute atomic E-state index is 0.233. The van der Waals surface area contributed by atoms with E-state index in [1.807, 2.05) is 0 Å². The third kappa shape index (κ3) is 2.91. The van der Waals surface area contributed by atoms with Gasteiger partial charge in [-0.05, 0) is 18.4 Å². The van der Waals surface area contributed by atoms with Gasteiger partial charge in [-0.15, -0.1) is 0 Å². The van der Waals surface area contributed by atoms with Crippen LogP contribution in [0.25, 0.3) is 0 Å². The molecule has 0 saturated heterocycles. The molecule has 0 aliphatic rings. The van der Waals surface area contributed by atoms with Gasteiger partial charge in [0.2, 0.25) is 0 Å². The minimum atomic E-state index is -0.958. The Morgan fingerprint density at radius 1 is 1.71 bits per heavy atom. The first-order valence-electron chi connectivity index (χ1n) is 4.01. The number of aromatic carboxylic acids is 1. The van der Waals surface area contributed by atoms with Gasteiger partial charge in [-0.1, -0.05) is 0 Å². The van der Waals surface area contributed by atoms with E-state index in [9.17, 15) is 4.79 Å². The fourth-order valence-electron chi connectivity index (χ4n) is 1.04. The molecule has 0 atom stereocenters. The van der Waals surface area contributed by atoms with Crippen LogP contribution in [0, 0.1) is 0 Å². The van der Waals surface area contributed by atoms with Crippen molar-refractivity contribution in [3.63, 3.8) is 0 Å². The van der Waals surface area contributed by atoms with E-state index in [0.717, 1.165) is 0 Å². The summed E-state index contributed by atoms with van der Waals surface area (Å²) in [6.07, 6.45) is 5.55. The van der Waals surface area contributed by atoms with Gasteiger partial charge in [0, 0.05) is 21.0 Å². The van der Waals surface area contributed by atoms with Crippen LogP contribution in [0.1, 0.15) is 16.1 Å². The van der Waals surface area contributed by atoms with E-state index in [-0.39, 0.29) is 5.56 Å². The van der Waals surface area contributed by atoms with E-state index in [1.165, 1.54) is 6.07 Å². The Morgan fingerprint density at radius 3 is 3.14 bits per heavy atom. The van der Waals surface area contributed by atoms with Crippen LogP contribution in [-0.4, -0.2) is 29.0 Å². The molecule has 1 aromatic heterocycles. The van der Waals surface area contributed by atoms with Gasteiger partial charge < -0.3 is 9.63 Å². The molecule has 0 saturated carbocycles. The highest BCUT2D eigenvalue weighted by molar-refractivity contribution is 7.30. The highest BCUT2D eigenvalue weighted by Crippen LogP contribution is 2.07. The van der Waals surface area contributed by atoms with Gasteiger partial charge in [-0.2, -0.15) is 0 Å². The largest absolute Gasteiger partial charge is 0.478 e. The topological polar surface area (TPSA) is 59.4 Å². The molecule has 0 unspecified atom stereocenters. The van der Waals surface area contributed by atoms with E-state index in [1.54, 1.807) is 12.3 Å². The molecule has 14 heavy (non-hydrogen) atoms. The van der Waals surface area contributed by atoms with Crippen molar-refractivity contribution in [2.45, 2.75) is 6.42 Å². The van der Waals surface area contributed by atoms with Crippen LogP contribution in [0.15, 0.2) is 18.3 Å². The number of pyridine rings is 1. The predicted octanol–water partition coefficient (Wildman–Crippen LogP) is 1.63. The lowest BCUT2D eigenvalue weighted by atomic mass is 10.1. The van der Waals surface area contributed by atoms with Gasteiger partial charge in [0.1, 0.15) is 0 Å². The van der Waals surface area contributed by atoms with Crippen LogP contribution in [0.5, 0.6) is 0 Å². The maximum absolute atomic E-state index is 10.8. The second-order valence-electron chi connectivity index (χ2n) is 2.52. The normalized spacial score (nSPS) is 10.3. The van der Waals surface area contributed by atoms with Crippen LogP contribution >= 0.6 is 8.43 Å². The summed E-state index contributed by atoms with van der Waals surface area (Å²) in [7, 11) is 0.593. The molecule has 4 nitrogen and oxygen atoms in total. The van der Waals surface area contributed by atoms with E-state index < -0.39 is 5.97 Å². The fraction of sp³-hybridized carbons (Fsp3) is 0.222. The first kappa shape index (κ1) is 10.8. The molecule has 0 fully saturated rings. The zero-order valence-corrected chi connectivity index (χ0v) is 8.41. The lowest BCUT2D eigenvalue weighted by molar-refractivity contribution is 0.0695. The molecule has 0 aliphatic heterocycles. The molecule has 5 heteroatoms. The third-order valence-electron chi connectivity index (χ3n) is 1.64. The number of nitrogens with zero attached hydrogens (tertiary/aromatic N) is 1.